The molecule has 1 saturated heterocycles. The molecule has 1 aliphatic heterocycles. The molecule has 0 bridgehead atoms. The van der Waals surface area contributed by atoms with Crippen LogP contribution in [0.5, 0.6) is 17.2 Å². The van der Waals surface area contributed by atoms with Crippen LogP contribution in [-0.2, 0) is 0 Å². The van der Waals surface area contributed by atoms with Crippen LogP contribution < -0.4 is 19.5 Å². The molecule has 1 aromatic carbocycles. The first-order chi connectivity index (χ1) is 12.3. The predicted molar refractivity (Wildman–Crippen MR) is 96.6 cm³/mol. The third-order valence-electron chi connectivity index (χ3n) is 4.52. The van der Waals surface area contributed by atoms with Gasteiger partial charge >= 0.3 is 0 Å². The fourth-order valence-corrected chi connectivity index (χ4v) is 3.29. The van der Waals surface area contributed by atoms with Crippen molar-refractivity contribution in [1.29, 1.82) is 0 Å². The first kappa shape index (κ1) is 17.5. The van der Waals surface area contributed by atoms with E-state index in [2.05, 4.69) is 21.3 Å². The van der Waals surface area contributed by atoms with Gasteiger partial charge in [0.2, 0.25) is 0 Å². The zero-order valence-corrected chi connectivity index (χ0v) is 15.0. The SMILES string of the molecule is COc1cc(OC)c(C(c2ccccn2)N2CCNCC2)cc1OC. The van der Waals surface area contributed by atoms with Crippen LogP contribution in [0.1, 0.15) is 17.3 Å². The van der Waals surface area contributed by atoms with Crippen molar-refractivity contribution in [3.8, 4) is 17.2 Å². The topological polar surface area (TPSA) is 55.9 Å². The highest BCUT2D eigenvalue weighted by molar-refractivity contribution is 5.53. The van der Waals surface area contributed by atoms with E-state index >= 15 is 0 Å². The summed E-state index contributed by atoms with van der Waals surface area (Å²) in [5.41, 5.74) is 2.02. The first-order valence-corrected chi connectivity index (χ1v) is 8.44. The molecule has 0 saturated carbocycles. The van der Waals surface area contributed by atoms with Crippen LogP contribution in [0, 0.1) is 0 Å². The largest absolute Gasteiger partial charge is 0.496 e. The fourth-order valence-electron chi connectivity index (χ4n) is 3.29. The summed E-state index contributed by atoms with van der Waals surface area (Å²) >= 11 is 0. The summed E-state index contributed by atoms with van der Waals surface area (Å²) in [4.78, 5) is 7.03. The molecule has 3 rings (SSSR count). The van der Waals surface area contributed by atoms with Crippen molar-refractivity contribution in [3.63, 3.8) is 0 Å². The van der Waals surface area contributed by atoms with E-state index in [1.165, 1.54) is 0 Å². The molecule has 1 unspecified atom stereocenters. The van der Waals surface area contributed by atoms with Crippen molar-refractivity contribution in [2.45, 2.75) is 6.04 Å². The quantitative estimate of drug-likeness (QED) is 0.867. The van der Waals surface area contributed by atoms with Gasteiger partial charge in [-0.1, -0.05) is 6.07 Å². The van der Waals surface area contributed by atoms with E-state index in [4.69, 9.17) is 14.2 Å². The van der Waals surface area contributed by atoms with Crippen LogP contribution in [0.25, 0.3) is 0 Å². The van der Waals surface area contributed by atoms with Crippen molar-refractivity contribution in [2.24, 2.45) is 0 Å². The van der Waals surface area contributed by atoms with E-state index in [0.29, 0.717) is 11.5 Å². The third-order valence-corrected chi connectivity index (χ3v) is 4.52. The molecule has 0 spiro atoms. The number of ether oxygens (including phenoxy) is 3. The Morgan fingerprint density at radius 2 is 1.64 bits per heavy atom. The molecule has 0 amide bonds. The van der Waals surface area contributed by atoms with Gasteiger partial charge < -0.3 is 19.5 Å². The summed E-state index contributed by atoms with van der Waals surface area (Å²) < 4.78 is 16.6. The lowest BCUT2D eigenvalue weighted by Crippen LogP contribution is -2.45. The molecular formula is C19H25N3O3. The number of piperazine rings is 1. The van der Waals surface area contributed by atoms with Crippen LogP contribution in [0.15, 0.2) is 36.5 Å². The highest BCUT2D eigenvalue weighted by Crippen LogP contribution is 2.41. The first-order valence-electron chi connectivity index (χ1n) is 8.44. The van der Waals surface area contributed by atoms with Crippen molar-refractivity contribution in [3.05, 3.63) is 47.8 Å². The second-order valence-corrected chi connectivity index (χ2v) is 5.89. The average molecular weight is 343 g/mol. The molecule has 6 nitrogen and oxygen atoms in total. The molecule has 134 valence electrons. The van der Waals surface area contributed by atoms with E-state index in [-0.39, 0.29) is 6.04 Å². The molecule has 0 aliphatic carbocycles. The van der Waals surface area contributed by atoms with Gasteiger partial charge in [0.1, 0.15) is 5.75 Å². The maximum atomic E-state index is 5.67. The normalized spacial score (nSPS) is 16.3. The minimum absolute atomic E-state index is 0.00180. The number of nitrogens with zero attached hydrogens (tertiary/aromatic N) is 2. The zero-order valence-electron chi connectivity index (χ0n) is 15.0. The number of benzene rings is 1. The van der Waals surface area contributed by atoms with E-state index in [1.807, 2.05) is 30.5 Å². The lowest BCUT2D eigenvalue weighted by molar-refractivity contribution is 0.192. The molecule has 25 heavy (non-hydrogen) atoms. The second-order valence-electron chi connectivity index (χ2n) is 5.89. The fraction of sp³-hybridized carbons (Fsp3) is 0.421. The van der Waals surface area contributed by atoms with E-state index in [1.54, 1.807) is 21.3 Å². The standard InChI is InChI=1S/C19H25N3O3/c1-23-16-13-18(25-3)17(24-2)12-14(16)19(15-6-4-5-7-21-15)22-10-8-20-9-11-22/h4-7,12-13,19-20H,8-11H2,1-3H3. The van der Waals surface area contributed by atoms with Gasteiger partial charge in [0, 0.05) is 44.0 Å². The van der Waals surface area contributed by atoms with Crippen LogP contribution in [0.4, 0.5) is 0 Å². The maximum absolute atomic E-state index is 5.67. The molecule has 1 aromatic heterocycles. The van der Waals surface area contributed by atoms with Crippen molar-refractivity contribution >= 4 is 0 Å². The van der Waals surface area contributed by atoms with E-state index < -0.39 is 0 Å². The van der Waals surface area contributed by atoms with Crippen LogP contribution in [0.2, 0.25) is 0 Å². The minimum Gasteiger partial charge on any atom is -0.496 e. The van der Waals surface area contributed by atoms with Crippen LogP contribution in [0.3, 0.4) is 0 Å². The summed E-state index contributed by atoms with van der Waals surface area (Å²) in [6, 6.07) is 9.89. The number of pyridine rings is 1. The number of methoxy groups -OCH3 is 3. The molecule has 6 heteroatoms. The Hall–Kier alpha value is -2.31. The Morgan fingerprint density at radius 1 is 0.960 bits per heavy atom. The summed E-state index contributed by atoms with van der Waals surface area (Å²) in [7, 11) is 4.95. The highest BCUT2D eigenvalue weighted by Gasteiger charge is 2.29. The van der Waals surface area contributed by atoms with Gasteiger partial charge in [-0.3, -0.25) is 9.88 Å². The molecule has 1 N–H and O–H groups in total. The summed E-state index contributed by atoms with van der Waals surface area (Å²) in [5, 5.41) is 3.40. The Balaban J connectivity index is 2.11. The monoisotopic (exact) mass is 343 g/mol. The van der Waals surface area contributed by atoms with Gasteiger partial charge in [-0.25, -0.2) is 0 Å². The van der Waals surface area contributed by atoms with Gasteiger partial charge in [0.25, 0.3) is 0 Å². The molecule has 1 aliphatic rings. The van der Waals surface area contributed by atoms with Gasteiger partial charge in [-0.2, -0.15) is 0 Å². The smallest absolute Gasteiger partial charge is 0.164 e. The van der Waals surface area contributed by atoms with Crippen molar-refractivity contribution < 1.29 is 14.2 Å². The zero-order chi connectivity index (χ0) is 17.6. The lowest BCUT2D eigenvalue weighted by Gasteiger charge is -2.35. The second kappa shape index (κ2) is 8.18. The Bertz CT molecular complexity index is 688. The summed E-state index contributed by atoms with van der Waals surface area (Å²) in [5.74, 6) is 2.12. The maximum Gasteiger partial charge on any atom is 0.164 e. The number of nitrogens with one attached hydrogen (secondary N) is 1. The minimum atomic E-state index is -0.00180. The van der Waals surface area contributed by atoms with Crippen LogP contribution >= 0.6 is 0 Å². The number of aromatic nitrogens is 1. The molecular weight excluding hydrogens is 318 g/mol. The van der Waals surface area contributed by atoms with E-state index in [0.717, 1.165) is 43.2 Å². The predicted octanol–water partition coefficient (Wildman–Crippen LogP) is 2.10. The van der Waals surface area contributed by atoms with E-state index in [9.17, 15) is 0 Å². The van der Waals surface area contributed by atoms with Gasteiger partial charge in [0.05, 0.1) is 33.1 Å². The third kappa shape index (κ3) is 3.70. The highest BCUT2D eigenvalue weighted by atomic mass is 16.5. The Kier molecular flexibility index (Phi) is 5.73. The van der Waals surface area contributed by atoms with Crippen molar-refractivity contribution in [2.75, 3.05) is 47.5 Å². The Labute approximate surface area is 148 Å². The number of rotatable bonds is 6. The number of hydrogen-bond donors (Lipinski definition) is 1. The van der Waals surface area contributed by atoms with Gasteiger partial charge in [-0.15, -0.1) is 0 Å². The molecule has 1 fully saturated rings. The van der Waals surface area contributed by atoms with Crippen LogP contribution in [-0.4, -0.2) is 57.4 Å². The summed E-state index contributed by atoms with van der Waals surface area (Å²) in [6.45, 7) is 3.80. The number of hydrogen-bond acceptors (Lipinski definition) is 6. The Morgan fingerprint density at radius 3 is 2.24 bits per heavy atom. The summed E-state index contributed by atoms with van der Waals surface area (Å²) in [6.07, 6.45) is 1.83. The molecule has 2 heterocycles. The van der Waals surface area contributed by atoms with Gasteiger partial charge in [-0.05, 0) is 18.2 Å². The lowest BCUT2D eigenvalue weighted by atomic mass is 9.98. The van der Waals surface area contributed by atoms with Gasteiger partial charge in [0.15, 0.2) is 11.5 Å². The molecule has 0 radical (unpaired) electrons. The molecule has 1 atom stereocenters. The van der Waals surface area contributed by atoms with Crippen molar-refractivity contribution in [1.82, 2.24) is 15.2 Å². The molecule has 2 aromatic rings. The average Bonchev–Trinajstić information content (AvgIpc) is 2.69.